The fourth-order valence-electron chi connectivity index (χ4n) is 16.3. The predicted octanol–water partition coefficient (Wildman–Crippen LogP) is 7.46. The third-order valence-corrected chi connectivity index (χ3v) is 17.8. The summed E-state index contributed by atoms with van der Waals surface area (Å²) in [5.74, 6) is 3.95. The first-order valence-corrected chi connectivity index (χ1v) is 19.2. The van der Waals surface area contributed by atoms with E-state index in [1.165, 1.54) is 89.9 Å². The summed E-state index contributed by atoms with van der Waals surface area (Å²) < 4.78 is 0. The highest BCUT2D eigenvalue weighted by Gasteiger charge is 2.68. The predicted molar refractivity (Wildman–Crippen MR) is 180 cm³/mol. The van der Waals surface area contributed by atoms with Gasteiger partial charge in [0.25, 0.3) is 0 Å². The van der Waals surface area contributed by atoms with Gasteiger partial charge in [0.15, 0.2) is 0 Å². The average molecular weight is 631 g/mol. The summed E-state index contributed by atoms with van der Waals surface area (Å²) in [7, 11) is 0. The van der Waals surface area contributed by atoms with Crippen molar-refractivity contribution < 1.29 is 25.9 Å². The second-order valence-electron chi connectivity index (χ2n) is 20.5. The highest BCUT2D eigenvalue weighted by molar-refractivity contribution is 5.18. The minimum absolute atomic E-state index is 0. The van der Waals surface area contributed by atoms with Crippen LogP contribution in [0.3, 0.4) is 0 Å². The van der Waals surface area contributed by atoms with Crippen LogP contribution in [0.1, 0.15) is 157 Å². The van der Waals surface area contributed by atoms with Crippen LogP contribution >= 0.6 is 0 Å². The van der Waals surface area contributed by atoms with E-state index in [4.69, 9.17) is 0 Å². The Hall–Kier alpha value is -0.200. The molecule has 0 aromatic heterocycles. The van der Waals surface area contributed by atoms with Crippen molar-refractivity contribution in [1.29, 1.82) is 0 Å². The molecule has 0 aromatic rings. The molecular weight excluding hydrogens is 560 g/mol. The van der Waals surface area contributed by atoms with Gasteiger partial charge in [0.2, 0.25) is 0 Å². The summed E-state index contributed by atoms with van der Waals surface area (Å²) in [4.78, 5) is 0. The van der Waals surface area contributed by atoms with Gasteiger partial charge < -0.3 is 25.9 Å². The maximum absolute atomic E-state index is 10.9. The van der Waals surface area contributed by atoms with Gasteiger partial charge in [-0.05, 0) is 171 Å². The Kier molecular flexibility index (Phi) is 8.39. The third kappa shape index (κ3) is 4.84. The number of fused-ring (bicyclic) bond motifs is 6. The minimum Gasteiger partial charge on any atom is -0.412 e. The molecule has 260 valence electrons. The number of aliphatic hydroxyl groups excluding tert-OH is 2. The summed E-state index contributed by atoms with van der Waals surface area (Å²) in [6.45, 7) is 15.1. The smallest absolute Gasteiger partial charge is 0.0910 e. The van der Waals surface area contributed by atoms with Gasteiger partial charge in [0.1, 0.15) is 0 Å². The molecule has 5 heteroatoms. The maximum Gasteiger partial charge on any atom is 0.0910 e. The lowest BCUT2D eigenvalue weighted by Crippen LogP contribution is -2.55. The number of aliphatic hydroxyl groups is 4. The molecule has 2 spiro atoms. The van der Waals surface area contributed by atoms with E-state index >= 15 is 0 Å². The van der Waals surface area contributed by atoms with Gasteiger partial charge >= 0.3 is 0 Å². The zero-order valence-corrected chi connectivity index (χ0v) is 29.9. The van der Waals surface area contributed by atoms with Crippen molar-refractivity contribution in [3.8, 4) is 0 Å². The van der Waals surface area contributed by atoms with Crippen molar-refractivity contribution >= 4 is 0 Å². The van der Waals surface area contributed by atoms with Crippen molar-refractivity contribution in [3.63, 3.8) is 0 Å². The molecule has 12 atom stereocenters. The first-order chi connectivity index (χ1) is 20.5. The first-order valence-electron chi connectivity index (χ1n) is 19.2. The third-order valence-electron chi connectivity index (χ3n) is 17.8. The highest BCUT2D eigenvalue weighted by atomic mass is 16.3. The van der Waals surface area contributed by atoms with Crippen molar-refractivity contribution in [2.45, 2.75) is 168 Å². The van der Waals surface area contributed by atoms with Crippen LogP contribution in [0.2, 0.25) is 0 Å². The first kappa shape index (κ1) is 34.7. The van der Waals surface area contributed by atoms with Crippen molar-refractivity contribution in [2.24, 2.45) is 68.0 Å². The van der Waals surface area contributed by atoms with Gasteiger partial charge in [-0.1, -0.05) is 54.4 Å². The number of hydrogen-bond acceptors (Lipinski definition) is 4. The Morgan fingerprint density at radius 3 is 1.22 bits per heavy atom. The van der Waals surface area contributed by atoms with Gasteiger partial charge in [0.05, 0.1) is 24.4 Å². The summed E-state index contributed by atoms with van der Waals surface area (Å²) in [5, 5.41) is 41.5. The Labute approximate surface area is 275 Å². The molecule has 5 nitrogen and oxygen atoms in total. The molecular formula is C40H70O5. The molecule has 4 bridgehead atoms. The van der Waals surface area contributed by atoms with Crippen molar-refractivity contribution in [2.75, 3.05) is 13.2 Å². The Bertz CT molecular complexity index is 1030. The van der Waals surface area contributed by atoms with E-state index in [9.17, 15) is 20.4 Å². The lowest BCUT2D eigenvalue weighted by atomic mass is 9.41. The second kappa shape index (κ2) is 10.9. The summed E-state index contributed by atoms with van der Waals surface area (Å²) in [6.07, 6.45) is 22.5. The molecule has 0 aliphatic heterocycles. The van der Waals surface area contributed by atoms with Crippen LogP contribution in [-0.4, -0.2) is 50.3 Å². The van der Waals surface area contributed by atoms with Crippen LogP contribution in [-0.2, 0) is 0 Å². The second-order valence-corrected chi connectivity index (χ2v) is 20.5. The average Bonchev–Trinajstić information content (AvgIpc) is 3.29. The van der Waals surface area contributed by atoms with Gasteiger partial charge in [-0.3, -0.25) is 0 Å². The zero-order chi connectivity index (χ0) is 31.6. The molecule has 8 rings (SSSR count). The highest BCUT2D eigenvalue weighted by Crippen LogP contribution is 2.74. The summed E-state index contributed by atoms with van der Waals surface area (Å²) >= 11 is 0. The van der Waals surface area contributed by atoms with E-state index in [1.54, 1.807) is 0 Å². The van der Waals surface area contributed by atoms with Crippen LogP contribution in [0, 0.1) is 68.0 Å². The molecule has 0 aromatic carbocycles. The van der Waals surface area contributed by atoms with Gasteiger partial charge in [0, 0.05) is 0 Å². The fourth-order valence-corrected chi connectivity index (χ4v) is 16.3. The maximum atomic E-state index is 10.9. The zero-order valence-electron chi connectivity index (χ0n) is 29.9. The van der Waals surface area contributed by atoms with E-state index in [0.717, 1.165) is 49.4 Å². The van der Waals surface area contributed by atoms with Gasteiger partial charge in [-0.15, -0.1) is 0 Å². The van der Waals surface area contributed by atoms with Gasteiger partial charge in [-0.25, -0.2) is 0 Å². The Morgan fingerprint density at radius 1 is 0.489 bits per heavy atom. The standard InChI is InChI=1S/2C20H34O2.H2O/c2*1-17(2)8-4-9-18(3)15(17)7-10-19-11-14(5-6-16(18)19)20(22,12-19)13-21;/h2*14-16,21-22H,4-13H2,1-3H3;1H2/t2*14-,15-,16+,18-,19+,20+;/m11./s1. The molecule has 8 aliphatic carbocycles. The van der Waals surface area contributed by atoms with Crippen LogP contribution in [0.5, 0.6) is 0 Å². The topological polar surface area (TPSA) is 112 Å². The molecule has 45 heavy (non-hydrogen) atoms. The van der Waals surface area contributed by atoms with E-state index in [2.05, 4.69) is 41.5 Å². The fraction of sp³-hybridized carbons (Fsp3) is 1.00. The summed E-state index contributed by atoms with van der Waals surface area (Å²) in [5.41, 5.74) is 1.01. The molecule has 8 saturated carbocycles. The van der Waals surface area contributed by atoms with E-state index in [-0.39, 0.29) is 18.7 Å². The molecule has 0 unspecified atom stereocenters. The SMILES string of the molecule is CC1(C)CCC[C@]2(C)[C@@H]1CC[C@@]13C[C@@H](CC[C@H]12)[C@@](O)(CO)C3.CC1(C)CCC[C@]2(C)[C@@H]1CC[C@@]13C[C@@H](CC[C@H]12)[C@@](O)(CO)C3.O. The number of rotatable bonds is 2. The molecule has 0 saturated heterocycles. The Morgan fingerprint density at radius 2 is 0.867 bits per heavy atom. The van der Waals surface area contributed by atoms with Crippen LogP contribution in [0.25, 0.3) is 0 Å². The molecule has 0 heterocycles. The Balaban J connectivity index is 0.000000155. The lowest BCUT2D eigenvalue weighted by Gasteiger charge is -2.64. The largest absolute Gasteiger partial charge is 0.412 e. The van der Waals surface area contributed by atoms with E-state index in [0.29, 0.717) is 44.3 Å². The van der Waals surface area contributed by atoms with E-state index in [1.807, 2.05) is 0 Å². The quantitative estimate of drug-likeness (QED) is 0.254. The molecule has 0 amide bonds. The monoisotopic (exact) mass is 631 g/mol. The van der Waals surface area contributed by atoms with Crippen LogP contribution in [0.4, 0.5) is 0 Å². The molecule has 8 fully saturated rings. The van der Waals surface area contributed by atoms with Crippen molar-refractivity contribution in [3.05, 3.63) is 0 Å². The minimum atomic E-state index is -0.776. The lowest BCUT2D eigenvalue weighted by molar-refractivity contribution is -0.145. The molecule has 8 aliphatic rings. The van der Waals surface area contributed by atoms with Crippen LogP contribution < -0.4 is 0 Å². The molecule has 0 radical (unpaired) electrons. The molecule has 6 N–H and O–H groups in total. The van der Waals surface area contributed by atoms with Gasteiger partial charge in [-0.2, -0.15) is 0 Å². The van der Waals surface area contributed by atoms with Crippen molar-refractivity contribution in [1.82, 2.24) is 0 Å². The summed E-state index contributed by atoms with van der Waals surface area (Å²) in [6, 6.07) is 0. The van der Waals surface area contributed by atoms with E-state index < -0.39 is 11.2 Å². The van der Waals surface area contributed by atoms with Crippen LogP contribution in [0.15, 0.2) is 0 Å². The number of hydrogen-bond donors (Lipinski definition) is 4. The normalized spacial score (nSPS) is 55.1.